The van der Waals surface area contributed by atoms with Crippen molar-refractivity contribution in [3.63, 3.8) is 0 Å². The summed E-state index contributed by atoms with van der Waals surface area (Å²) in [5.41, 5.74) is 3.03. The van der Waals surface area contributed by atoms with Crippen molar-refractivity contribution in [3.05, 3.63) is 54.0 Å². The molecule has 0 unspecified atom stereocenters. The SMILES string of the molecule is O=C(Nc1ccccc1)N1CCN(c2ncnc3c2C=CC3)CC1. The van der Waals surface area contributed by atoms with Crippen LogP contribution in [0, 0.1) is 0 Å². The molecule has 1 aliphatic carbocycles. The van der Waals surface area contributed by atoms with Gasteiger partial charge in [0.2, 0.25) is 0 Å². The number of rotatable bonds is 2. The summed E-state index contributed by atoms with van der Waals surface area (Å²) in [4.78, 5) is 25.2. The van der Waals surface area contributed by atoms with E-state index in [1.807, 2.05) is 35.2 Å². The second kappa shape index (κ2) is 6.31. The number of para-hydroxylation sites is 1. The van der Waals surface area contributed by atoms with Gasteiger partial charge in [-0.2, -0.15) is 0 Å². The minimum Gasteiger partial charge on any atom is -0.352 e. The Morgan fingerprint density at radius 2 is 1.83 bits per heavy atom. The summed E-state index contributed by atoms with van der Waals surface area (Å²) in [7, 11) is 0. The number of allylic oxidation sites excluding steroid dienone is 1. The summed E-state index contributed by atoms with van der Waals surface area (Å²) in [5.74, 6) is 0.983. The quantitative estimate of drug-likeness (QED) is 0.923. The van der Waals surface area contributed by atoms with Crippen molar-refractivity contribution < 1.29 is 4.79 Å². The Morgan fingerprint density at radius 3 is 2.62 bits per heavy atom. The number of piperazine rings is 1. The number of aromatic nitrogens is 2. The highest BCUT2D eigenvalue weighted by atomic mass is 16.2. The van der Waals surface area contributed by atoms with Crippen LogP contribution in [0.1, 0.15) is 11.3 Å². The third-order valence-electron chi connectivity index (χ3n) is 4.43. The molecule has 2 aliphatic rings. The molecule has 6 nitrogen and oxygen atoms in total. The Hall–Kier alpha value is -2.89. The maximum Gasteiger partial charge on any atom is 0.321 e. The van der Waals surface area contributed by atoms with Gasteiger partial charge in [-0.05, 0) is 12.1 Å². The number of carbonyl (C=O) groups is 1. The van der Waals surface area contributed by atoms with E-state index in [0.717, 1.165) is 42.3 Å². The van der Waals surface area contributed by atoms with Crippen molar-refractivity contribution in [2.75, 3.05) is 36.4 Å². The zero-order valence-corrected chi connectivity index (χ0v) is 13.4. The third kappa shape index (κ3) is 2.82. The van der Waals surface area contributed by atoms with E-state index in [0.29, 0.717) is 13.1 Å². The largest absolute Gasteiger partial charge is 0.352 e. The molecule has 4 rings (SSSR count). The highest BCUT2D eigenvalue weighted by Crippen LogP contribution is 2.27. The predicted octanol–water partition coefficient (Wildman–Crippen LogP) is 2.40. The van der Waals surface area contributed by atoms with E-state index in [2.05, 4.69) is 32.3 Å². The Labute approximate surface area is 140 Å². The Balaban J connectivity index is 1.40. The Morgan fingerprint density at radius 1 is 1.04 bits per heavy atom. The molecule has 1 N–H and O–H groups in total. The maximum absolute atomic E-state index is 12.4. The van der Waals surface area contributed by atoms with Crippen LogP contribution in [0.3, 0.4) is 0 Å². The number of benzene rings is 1. The molecule has 0 saturated carbocycles. The van der Waals surface area contributed by atoms with Gasteiger partial charge in [0, 0.05) is 43.9 Å². The summed E-state index contributed by atoms with van der Waals surface area (Å²) in [5, 5.41) is 2.94. The third-order valence-corrected chi connectivity index (χ3v) is 4.43. The molecular formula is C18H19N5O. The highest BCUT2D eigenvalue weighted by molar-refractivity contribution is 5.89. The number of amides is 2. The number of urea groups is 1. The summed E-state index contributed by atoms with van der Waals surface area (Å²) >= 11 is 0. The summed E-state index contributed by atoms with van der Waals surface area (Å²) in [6.45, 7) is 2.92. The molecule has 0 atom stereocenters. The molecule has 1 aliphatic heterocycles. The van der Waals surface area contributed by atoms with Gasteiger partial charge < -0.3 is 15.1 Å². The van der Waals surface area contributed by atoms with Crippen LogP contribution in [0.25, 0.3) is 6.08 Å². The van der Waals surface area contributed by atoms with E-state index in [1.165, 1.54) is 0 Å². The fourth-order valence-electron chi connectivity index (χ4n) is 3.14. The van der Waals surface area contributed by atoms with E-state index in [4.69, 9.17) is 0 Å². The van der Waals surface area contributed by atoms with Crippen LogP contribution in [0.4, 0.5) is 16.3 Å². The van der Waals surface area contributed by atoms with Crippen molar-refractivity contribution in [1.82, 2.24) is 14.9 Å². The average Bonchev–Trinajstić information content (AvgIpc) is 3.11. The molecule has 0 radical (unpaired) electrons. The molecule has 1 aromatic carbocycles. The van der Waals surface area contributed by atoms with E-state index in [9.17, 15) is 4.79 Å². The zero-order valence-electron chi connectivity index (χ0n) is 13.4. The Kier molecular flexibility index (Phi) is 3.86. The molecule has 1 fully saturated rings. The van der Waals surface area contributed by atoms with Crippen molar-refractivity contribution in [2.24, 2.45) is 0 Å². The van der Waals surface area contributed by atoms with Crippen LogP contribution in [0.15, 0.2) is 42.7 Å². The van der Waals surface area contributed by atoms with Gasteiger partial charge in [0.1, 0.15) is 12.1 Å². The molecule has 6 heteroatoms. The molecule has 2 heterocycles. The molecule has 1 aromatic heterocycles. The molecule has 2 amide bonds. The molecule has 0 bridgehead atoms. The van der Waals surface area contributed by atoms with Crippen molar-refractivity contribution in [1.29, 1.82) is 0 Å². The van der Waals surface area contributed by atoms with E-state index in [-0.39, 0.29) is 6.03 Å². The first-order valence-electron chi connectivity index (χ1n) is 8.17. The van der Waals surface area contributed by atoms with Crippen LogP contribution >= 0.6 is 0 Å². The van der Waals surface area contributed by atoms with Gasteiger partial charge in [0.15, 0.2) is 0 Å². The zero-order chi connectivity index (χ0) is 16.4. The molecule has 2 aromatic rings. The summed E-state index contributed by atoms with van der Waals surface area (Å²) in [6.07, 6.45) is 6.73. The normalized spacial score (nSPS) is 16.2. The van der Waals surface area contributed by atoms with Crippen LogP contribution in [0.5, 0.6) is 0 Å². The lowest BCUT2D eigenvalue weighted by atomic mass is 10.2. The number of nitrogens with zero attached hydrogens (tertiary/aromatic N) is 4. The average molecular weight is 321 g/mol. The van der Waals surface area contributed by atoms with E-state index < -0.39 is 0 Å². The highest BCUT2D eigenvalue weighted by Gasteiger charge is 2.24. The molecule has 0 spiro atoms. The monoisotopic (exact) mass is 321 g/mol. The van der Waals surface area contributed by atoms with Gasteiger partial charge >= 0.3 is 6.03 Å². The summed E-state index contributed by atoms with van der Waals surface area (Å²) < 4.78 is 0. The van der Waals surface area contributed by atoms with Gasteiger partial charge in [-0.15, -0.1) is 0 Å². The first-order chi connectivity index (χ1) is 11.8. The van der Waals surface area contributed by atoms with Crippen molar-refractivity contribution >= 4 is 23.6 Å². The van der Waals surface area contributed by atoms with Gasteiger partial charge in [-0.25, -0.2) is 14.8 Å². The van der Waals surface area contributed by atoms with E-state index >= 15 is 0 Å². The topological polar surface area (TPSA) is 61.4 Å². The predicted molar refractivity (Wildman–Crippen MR) is 94.0 cm³/mol. The smallest absolute Gasteiger partial charge is 0.321 e. The van der Waals surface area contributed by atoms with Gasteiger partial charge in [0.25, 0.3) is 0 Å². The van der Waals surface area contributed by atoms with E-state index in [1.54, 1.807) is 6.33 Å². The van der Waals surface area contributed by atoms with Crippen LogP contribution in [-0.2, 0) is 6.42 Å². The van der Waals surface area contributed by atoms with Crippen molar-refractivity contribution in [2.45, 2.75) is 6.42 Å². The number of hydrogen-bond acceptors (Lipinski definition) is 4. The van der Waals surface area contributed by atoms with Gasteiger partial charge in [0.05, 0.1) is 5.69 Å². The Bertz CT molecular complexity index is 766. The fraction of sp³-hybridized carbons (Fsp3) is 0.278. The second-order valence-electron chi connectivity index (χ2n) is 5.93. The molecule has 24 heavy (non-hydrogen) atoms. The minimum absolute atomic E-state index is 0.0475. The molecule has 122 valence electrons. The van der Waals surface area contributed by atoms with Gasteiger partial charge in [-0.1, -0.05) is 30.4 Å². The van der Waals surface area contributed by atoms with Crippen LogP contribution in [-0.4, -0.2) is 47.1 Å². The molecule has 1 saturated heterocycles. The number of nitrogens with one attached hydrogen (secondary N) is 1. The lowest BCUT2D eigenvalue weighted by Crippen LogP contribution is -2.50. The lowest BCUT2D eigenvalue weighted by molar-refractivity contribution is 0.208. The summed E-state index contributed by atoms with van der Waals surface area (Å²) in [6, 6.07) is 9.50. The van der Waals surface area contributed by atoms with Crippen LogP contribution < -0.4 is 10.2 Å². The van der Waals surface area contributed by atoms with Crippen LogP contribution in [0.2, 0.25) is 0 Å². The standard InChI is InChI=1S/C18H19N5O/c24-18(21-14-5-2-1-3-6-14)23-11-9-22(10-12-23)17-15-7-4-8-16(15)19-13-20-17/h1-7,13H,8-12H2,(H,21,24). The second-order valence-corrected chi connectivity index (χ2v) is 5.93. The van der Waals surface area contributed by atoms with Crippen molar-refractivity contribution in [3.8, 4) is 0 Å². The first-order valence-corrected chi connectivity index (χ1v) is 8.17. The number of anilines is 2. The number of fused-ring (bicyclic) bond motifs is 1. The van der Waals surface area contributed by atoms with Gasteiger partial charge in [-0.3, -0.25) is 0 Å². The number of hydrogen-bond donors (Lipinski definition) is 1. The first kappa shape index (κ1) is 14.7. The molecular weight excluding hydrogens is 302 g/mol. The minimum atomic E-state index is -0.0475. The number of carbonyl (C=O) groups excluding carboxylic acids is 1. The lowest BCUT2D eigenvalue weighted by Gasteiger charge is -2.35. The fourth-order valence-corrected chi connectivity index (χ4v) is 3.14. The maximum atomic E-state index is 12.4.